The molecule has 0 N–H and O–H groups in total. The molecule has 2 atom stereocenters. The lowest BCUT2D eigenvalue weighted by Crippen LogP contribution is -2.49. The maximum Gasteiger partial charge on any atom is 0.214 e. The van der Waals surface area contributed by atoms with Crippen molar-refractivity contribution < 1.29 is 13.2 Å². The Morgan fingerprint density at radius 2 is 1.76 bits per heavy atom. The van der Waals surface area contributed by atoms with Crippen LogP contribution in [0.1, 0.15) is 31.2 Å². The Hall–Kier alpha value is -0.910. The lowest BCUT2D eigenvalue weighted by atomic mass is 10.0. The second kappa shape index (κ2) is 6.07. The molecule has 116 valence electrons. The molecule has 2 fully saturated rings. The number of sulfonamides is 1. The van der Waals surface area contributed by atoms with Gasteiger partial charge in [0, 0.05) is 19.2 Å². The van der Waals surface area contributed by atoms with Crippen molar-refractivity contribution >= 4 is 10.0 Å². The molecule has 0 amide bonds. The predicted molar refractivity (Wildman–Crippen MR) is 82.6 cm³/mol. The van der Waals surface area contributed by atoms with E-state index in [0.29, 0.717) is 6.42 Å². The molecule has 2 aliphatic heterocycles. The summed E-state index contributed by atoms with van der Waals surface area (Å²) in [6.07, 6.45) is 4.47. The first kappa shape index (κ1) is 15.0. The fourth-order valence-electron chi connectivity index (χ4n) is 3.73. The molecule has 1 aromatic rings. The monoisotopic (exact) mass is 309 g/mol. The first-order valence-electron chi connectivity index (χ1n) is 7.68. The summed E-state index contributed by atoms with van der Waals surface area (Å²) in [5.74, 6) is 0.210. The van der Waals surface area contributed by atoms with E-state index in [-0.39, 0.29) is 23.9 Å². The van der Waals surface area contributed by atoms with Gasteiger partial charge < -0.3 is 4.74 Å². The Bertz CT molecular complexity index is 558. The number of fused-ring (bicyclic) bond motifs is 2. The number of aryl methyl sites for hydroxylation is 1. The van der Waals surface area contributed by atoms with Crippen LogP contribution in [0.5, 0.6) is 0 Å². The SMILES string of the molecule is COC1CC2CCC(C1)N2S(=O)(=O)CCc1ccccc1. The van der Waals surface area contributed by atoms with Gasteiger partial charge in [-0.05, 0) is 37.7 Å². The average Bonchev–Trinajstić information content (AvgIpc) is 2.78. The molecule has 0 aromatic heterocycles. The van der Waals surface area contributed by atoms with Crippen molar-refractivity contribution in [2.45, 2.75) is 50.3 Å². The minimum atomic E-state index is -3.17. The quantitative estimate of drug-likeness (QED) is 0.838. The van der Waals surface area contributed by atoms with E-state index in [2.05, 4.69) is 0 Å². The lowest BCUT2D eigenvalue weighted by Gasteiger charge is -2.37. The summed E-state index contributed by atoms with van der Waals surface area (Å²) in [6, 6.07) is 10.1. The number of hydrogen-bond acceptors (Lipinski definition) is 3. The van der Waals surface area contributed by atoms with Crippen LogP contribution in [0.25, 0.3) is 0 Å². The van der Waals surface area contributed by atoms with E-state index in [9.17, 15) is 8.42 Å². The van der Waals surface area contributed by atoms with Gasteiger partial charge in [-0.15, -0.1) is 0 Å². The number of rotatable bonds is 5. The van der Waals surface area contributed by atoms with E-state index in [4.69, 9.17) is 4.74 Å². The van der Waals surface area contributed by atoms with Gasteiger partial charge in [0.1, 0.15) is 0 Å². The smallest absolute Gasteiger partial charge is 0.214 e. The maximum absolute atomic E-state index is 12.7. The Labute approximate surface area is 127 Å². The molecule has 3 rings (SSSR count). The average molecular weight is 309 g/mol. The standard InChI is InChI=1S/C16H23NO3S/c1-20-16-11-14-7-8-15(12-16)17(14)21(18,19)10-9-13-5-3-2-4-6-13/h2-6,14-16H,7-12H2,1H3. The molecule has 2 bridgehead atoms. The fraction of sp³-hybridized carbons (Fsp3) is 0.625. The summed E-state index contributed by atoms with van der Waals surface area (Å²) in [4.78, 5) is 0. The molecule has 0 aliphatic carbocycles. The van der Waals surface area contributed by atoms with Gasteiger partial charge in [0.15, 0.2) is 0 Å². The zero-order valence-electron chi connectivity index (χ0n) is 12.4. The number of benzene rings is 1. The van der Waals surface area contributed by atoms with Crippen molar-refractivity contribution in [3.05, 3.63) is 35.9 Å². The zero-order valence-corrected chi connectivity index (χ0v) is 13.3. The van der Waals surface area contributed by atoms with E-state index < -0.39 is 10.0 Å². The predicted octanol–water partition coefficient (Wildman–Crippen LogP) is 2.20. The highest BCUT2D eigenvalue weighted by atomic mass is 32.2. The molecule has 21 heavy (non-hydrogen) atoms. The highest BCUT2D eigenvalue weighted by Gasteiger charge is 2.46. The van der Waals surface area contributed by atoms with E-state index in [0.717, 1.165) is 31.2 Å². The molecular formula is C16H23NO3S. The van der Waals surface area contributed by atoms with Gasteiger partial charge in [0.25, 0.3) is 0 Å². The Kier molecular flexibility index (Phi) is 4.33. The van der Waals surface area contributed by atoms with Crippen LogP contribution in [0, 0.1) is 0 Å². The van der Waals surface area contributed by atoms with Gasteiger partial charge in [-0.25, -0.2) is 8.42 Å². The summed E-state index contributed by atoms with van der Waals surface area (Å²) >= 11 is 0. The van der Waals surface area contributed by atoms with Gasteiger partial charge in [-0.2, -0.15) is 4.31 Å². The molecule has 5 heteroatoms. The fourth-order valence-corrected chi connectivity index (χ4v) is 5.72. The van der Waals surface area contributed by atoms with Crippen LogP contribution in [-0.2, 0) is 21.2 Å². The summed E-state index contributed by atoms with van der Waals surface area (Å²) in [7, 11) is -1.45. The number of methoxy groups -OCH3 is 1. The minimum Gasteiger partial charge on any atom is -0.381 e. The number of ether oxygens (including phenoxy) is 1. The maximum atomic E-state index is 12.7. The van der Waals surface area contributed by atoms with Crippen LogP contribution in [0.3, 0.4) is 0 Å². The van der Waals surface area contributed by atoms with E-state index in [1.165, 1.54) is 0 Å². The van der Waals surface area contributed by atoms with Crippen LogP contribution >= 0.6 is 0 Å². The second-order valence-electron chi connectivity index (χ2n) is 6.10. The van der Waals surface area contributed by atoms with Gasteiger partial charge in [-0.1, -0.05) is 30.3 Å². The van der Waals surface area contributed by atoms with Gasteiger partial charge in [-0.3, -0.25) is 0 Å². The van der Waals surface area contributed by atoms with Crippen molar-refractivity contribution in [1.29, 1.82) is 0 Å². The highest BCUT2D eigenvalue weighted by molar-refractivity contribution is 7.89. The Morgan fingerprint density at radius 1 is 1.14 bits per heavy atom. The van der Waals surface area contributed by atoms with Crippen LogP contribution in [-0.4, -0.2) is 43.8 Å². The van der Waals surface area contributed by atoms with Gasteiger partial charge in [0.05, 0.1) is 11.9 Å². The minimum absolute atomic E-state index is 0.148. The molecule has 2 heterocycles. The summed E-state index contributed by atoms with van der Waals surface area (Å²) in [5.41, 5.74) is 1.08. The van der Waals surface area contributed by atoms with Crippen molar-refractivity contribution in [1.82, 2.24) is 4.31 Å². The third-order valence-corrected chi connectivity index (χ3v) is 6.73. The first-order valence-corrected chi connectivity index (χ1v) is 9.29. The molecule has 0 radical (unpaired) electrons. The molecular weight excluding hydrogens is 286 g/mol. The molecule has 2 unspecified atom stereocenters. The van der Waals surface area contributed by atoms with Crippen LogP contribution in [0.2, 0.25) is 0 Å². The van der Waals surface area contributed by atoms with Crippen LogP contribution in [0.15, 0.2) is 30.3 Å². The molecule has 4 nitrogen and oxygen atoms in total. The normalized spacial score (nSPS) is 29.7. The second-order valence-corrected chi connectivity index (χ2v) is 8.09. The van der Waals surface area contributed by atoms with E-state index >= 15 is 0 Å². The summed E-state index contributed by atoms with van der Waals surface area (Å²) in [6.45, 7) is 0. The zero-order chi connectivity index (χ0) is 14.9. The molecule has 2 saturated heterocycles. The molecule has 1 aromatic carbocycles. The topological polar surface area (TPSA) is 46.6 Å². The summed E-state index contributed by atoms with van der Waals surface area (Å²) < 4.78 is 32.6. The third kappa shape index (κ3) is 3.15. The van der Waals surface area contributed by atoms with Crippen molar-refractivity contribution in [2.24, 2.45) is 0 Å². The summed E-state index contributed by atoms with van der Waals surface area (Å²) in [5, 5.41) is 0. The van der Waals surface area contributed by atoms with Gasteiger partial charge in [0.2, 0.25) is 10.0 Å². The Balaban J connectivity index is 1.68. The molecule has 0 spiro atoms. The highest BCUT2D eigenvalue weighted by Crippen LogP contribution is 2.38. The number of nitrogens with zero attached hydrogens (tertiary/aromatic N) is 1. The van der Waals surface area contributed by atoms with Crippen molar-refractivity contribution in [2.75, 3.05) is 12.9 Å². The van der Waals surface area contributed by atoms with Gasteiger partial charge >= 0.3 is 0 Å². The van der Waals surface area contributed by atoms with E-state index in [1.807, 2.05) is 30.3 Å². The third-order valence-electron chi connectivity index (χ3n) is 4.77. The van der Waals surface area contributed by atoms with Crippen molar-refractivity contribution in [3.8, 4) is 0 Å². The first-order chi connectivity index (χ1) is 10.1. The van der Waals surface area contributed by atoms with Crippen LogP contribution < -0.4 is 0 Å². The molecule has 0 saturated carbocycles. The Morgan fingerprint density at radius 3 is 2.33 bits per heavy atom. The van der Waals surface area contributed by atoms with E-state index in [1.54, 1.807) is 11.4 Å². The lowest BCUT2D eigenvalue weighted by molar-refractivity contribution is 0.0349. The van der Waals surface area contributed by atoms with Crippen molar-refractivity contribution in [3.63, 3.8) is 0 Å². The van der Waals surface area contributed by atoms with Crippen LogP contribution in [0.4, 0.5) is 0 Å². The largest absolute Gasteiger partial charge is 0.381 e. The molecule has 2 aliphatic rings. The number of piperidine rings is 1. The number of hydrogen-bond donors (Lipinski definition) is 0.